The summed E-state index contributed by atoms with van der Waals surface area (Å²) in [7, 11) is 0. The van der Waals surface area contributed by atoms with Crippen LogP contribution in [0.5, 0.6) is 6.01 Å². The normalized spacial score (nSPS) is 23.1. The van der Waals surface area contributed by atoms with Crippen LogP contribution in [0.4, 0.5) is 33.6 Å². The number of pyridine rings is 1. The Morgan fingerprint density at radius 2 is 1.81 bits per heavy atom. The van der Waals surface area contributed by atoms with E-state index in [4.69, 9.17) is 23.9 Å². The topological polar surface area (TPSA) is 155 Å². The van der Waals surface area contributed by atoms with Gasteiger partial charge in [0, 0.05) is 49.7 Å². The van der Waals surface area contributed by atoms with Gasteiger partial charge in [0.1, 0.15) is 57.9 Å². The molecule has 4 aromatic rings. The number of thiophene rings is 1. The predicted molar refractivity (Wildman–Crippen MR) is 228 cm³/mol. The van der Waals surface area contributed by atoms with Crippen molar-refractivity contribution in [3.63, 3.8) is 0 Å². The molecule has 1 N–H and O–H groups in total. The van der Waals surface area contributed by atoms with E-state index in [2.05, 4.69) is 26.3 Å². The molecule has 62 heavy (non-hydrogen) atoms. The SMILES string of the molecule is CC[C@]1(COC2CC2)CN(c2nc(OC[C@@]34CCCN3C[C@H](F)C4)nc3c(F)c(-c4ccc(F)c5sc(NC(=O)OC(C)(C)C)c(C#N)c45)ncc23)CCN1C(=O)OC(C)(C)C. The van der Waals surface area contributed by atoms with Crippen molar-refractivity contribution in [3.8, 4) is 23.3 Å². The number of hydrogen-bond acceptors (Lipinski definition) is 13. The van der Waals surface area contributed by atoms with E-state index in [-0.39, 0.29) is 87.8 Å². The van der Waals surface area contributed by atoms with Crippen LogP contribution in [0.1, 0.15) is 92.6 Å². The maximum absolute atomic E-state index is 17.5. The predicted octanol–water partition coefficient (Wildman–Crippen LogP) is 8.74. The average molecular weight is 879 g/mol. The number of nitrogens with zero attached hydrogens (tertiary/aromatic N) is 7. The van der Waals surface area contributed by atoms with E-state index in [1.54, 1.807) is 25.7 Å². The zero-order valence-electron chi connectivity index (χ0n) is 36.2. The van der Waals surface area contributed by atoms with Crippen LogP contribution in [0.3, 0.4) is 0 Å². The van der Waals surface area contributed by atoms with E-state index in [9.17, 15) is 19.2 Å². The number of carbonyl (C=O) groups is 2. The average Bonchev–Trinajstić information content (AvgIpc) is 3.73. The standard InChI is InChI=1S/C44H53F3N8O6S/c1-8-43(23-58-26-10-11-26)22-53(16-17-55(43)40(57)61-42(5,6)7)36-29-20-49-33(32(47)34(29)50-38(51-36)59-24-44-14-9-15-54(44)21-25(45)18-44)27-12-13-30(46)35-31(27)28(19-48)37(62-35)52-39(56)60-41(2,3)4/h12-13,20,25-26H,8-11,14-18,21-24H2,1-7H3,(H,52,56)/t25-,43-,44+/m1/s1. The first-order valence-corrected chi connectivity index (χ1v) is 22.0. The second kappa shape index (κ2) is 16.3. The van der Waals surface area contributed by atoms with E-state index in [0.29, 0.717) is 25.2 Å². The monoisotopic (exact) mass is 878 g/mol. The number of halogens is 3. The zero-order chi connectivity index (χ0) is 44.4. The van der Waals surface area contributed by atoms with Gasteiger partial charge < -0.3 is 23.8 Å². The lowest BCUT2D eigenvalue weighted by molar-refractivity contribution is -0.0431. The number of nitriles is 1. The molecule has 1 aliphatic carbocycles. The molecule has 3 saturated heterocycles. The van der Waals surface area contributed by atoms with Crippen LogP contribution < -0.4 is 15.0 Å². The number of aromatic nitrogens is 3. The fourth-order valence-electron chi connectivity index (χ4n) is 8.92. The number of anilines is 2. The lowest BCUT2D eigenvalue weighted by Crippen LogP contribution is -2.66. The summed E-state index contributed by atoms with van der Waals surface area (Å²) in [5.74, 6) is -1.24. The fourth-order valence-corrected chi connectivity index (χ4v) is 9.99. The number of ether oxygens (including phenoxy) is 4. The Morgan fingerprint density at radius 1 is 1.05 bits per heavy atom. The van der Waals surface area contributed by atoms with Crippen molar-refractivity contribution >= 4 is 55.3 Å². The molecule has 2 amide bonds. The largest absolute Gasteiger partial charge is 0.461 e. The van der Waals surface area contributed by atoms with Crippen molar-refractivity contribution in [2.45, 2.75) is 122 Å². The number of carbonyl (C=O) groups excluding carboxylic acids is 2. The highest BCUT2D eigenvalue weighted by molar-refractivity contribution is 7.23. The Hall–Kier alpha value is -4.99. The van der Waals surface area contributed by atoms with Gasteiger partial charge in [-0.25, -0.2) is 22.8 Å². The smallest absolute Gasteiger partial charge is 0.412 e. The minimum atomic E-state index is -0.998. The van der Waals surface area contributed by atoms with Crippen molar-refractivity contribution in [2.75, 3.05) is 56.2 Å². The Kier molecular flexibility index (Phi) is 11.5. The summed E-state index contributed by atoms with van der Waals surface area (Å²) in [4.78, 5) is 46.5. The fraction of sp³-hybridized carbons (Fsp3) is 0.591. The van der Waals surface area contributed by atoms with Crippen LogP contribution in [-0.4, -0.2) is 117 Å². The number of hydrogen-bond donors (Lipinski definition) is 1. The van der Waals surface area contributed by atoms with Gasteiger partial charge in [-0.15, -0.1) is 11.3 Å². The summed E-state index contributed by atoms with van der Waals surface area (Å²) in [5, 5.41) is 13.3. The van der Waals surface area contributed by atoms with Gasteiger partial charge in [-0.3, -0.25) is 20.1 Å². The summed E-state index contributed by atoms with van der Waals surface area (Å²) in [6.07, 6.45) is 3.55. The van der Waals surface area contributed by atoms with E-state index in [1.165, 1.54) is 12.3 Å². The summed E-state index contributed by atoms with van der Waals surface area (Å²) in [5.41, 5.74) is -3.33. The van der Waals surface area contributed by atoms with Crippen LogP contribution >= 0.6 is 11.3 Å². The highest BCUT2D eigenvalue weighted by atomic mass is 32.1. The van der Waals surface area contributed by atoms with Crippen molar-refractivity contribution in [2.24, 2.45) is 0 Å². The zero-order valence-corrected chi connectivity index (χ0v) is 37.0. The summed E-state index contributed by atoms with van der Waals surface area (Å²) >= 11 is 0.824. The van der Waals surface area contributed by atoms with Crippen molar-refractivity contribution < 1.29 is 41.7 Å². The summed E-state index contributed by atoms with van der Waals surface area (Å²) in [6, 6.07) is 4.43. The molecule has 0 unspecified atom stereocenters. The maximum atomic E-state index is 17.5. The molecule has 3 aliphatic heterocycles. The number of alkyl halides is 1. The molecular formula is C44H53F3N8O6S. The number of benzene rings is 1. The van der Waals surface area contributed by atoms with Gasteiger partial charge in [-0.05, 0) is 92.3 Å². The number of fused-ring (bicyclic) bond motifs is 3. The van der Waals surface area contributed by atoms with Gasteiger partial charge in [-0.2, -0.15) is 15.2 Å². The highest BCUT2D eigenvalue weighted by Gasteiger charge is 2.50. The molecule has 332 valence electrons. The quantitative estimate of drug-likeness (QED) is 0.162. The van der Waals surface area contributed by atoms with Gasteiger partial charge in [0.25, 0.3) is 0 Å². The first-order chi connectivity index (χ1) is 29.3. The molecule has 8 rings (SSSR count). The third-order valence-corrected chi connectivity index (χ3v) is 13.1. The van der Waals surface area contributed by atoms with Gasteiger partial charge >= 0.3 is 18.2 Å². The summed E-state index contributed by atoms with van der Waals surface area (Å²) in [6.45, 7) is 14.7. The minimum Gasteiger partial charge on any atom is -0.461 e. The molecule has 0 radical (unpaired) electrons. The maximum Gasteiger partial charge on any atom is 0.412 e. The lowest BCUT2D eigenvalue weighted by atomic mass is 9.91. The van der Waals surface area contributed by atoms with E-state index in [1.807, 2.05) is 32.6 Å². The third-order valence-electron chi connectivity index (χ3n) is 12.0. The Morgan fingerprint density at radius 3 is 2.50 bits per heavy atom. The van der Waals surface area contributed by atoms with Gasteiger partial charge in [0.05, 0.1) is 39.4 Å². The van der Waals surface area contributed by atoms with Crippen LogP contribution in [0, 0.1) is 23.0 Å². The molecule has 3 aromatic heterocycles. The first-order valence-electron chi connectivity index (χ1n) is 21.2. The Labute approximate surface area is 362 Å². The van der Waals surface area contributed by atoms with Gasteiger partial charge in [-0.1, -0.05) is 6.92 Å². The number of piperazine rings is 1. The van der Waals surface area contributed by atoms with Crippen molar-refractivity contribution in [1.82, 2.24) is 24.8 Å². The van der Waals surface area contributed by atoms with Crippen LogP contribution in [0.15, 0.2) is 18.3 Å². The van der Waals surface area contributed by atoms with Crippen molar-refractivity contribution in [3.05, 3.63) is 35.5 Å². The molecule has 18 heteroatoms. The van der Waals surface area contributed by atoms with Crippen LogP contribution in [0.2, 0.25) is 0 Å². The minimum absolute atomic E-state index is 0.00842. The Balaban J connectivity index is 1.23. The summed E-state index contributed by atoms with van der Waals surface area (Å²) < 4.78 is 71.7. The third kappa shape index (κ3) is 8.55. The second-order valence-corrected chi connectivity index (χ2v) is 19.9. The first kappa shape index (κ1) is 43.7. The van der Waals surface area contributed by atoms with Gasteiger partial charge in [0.2, 0.25) is 0 Å². The number of nitrogens with one attached hydrogen (secondary N) is 1. The van der Waals surface area contributed by atoms with Crippen molar-refractivity contribution in [1.29, 1.82) is 5.26 Å². The highest BCUT2D eigenvalue weighted by Crippen LogP contribution is 2.45. The van der Waals surface area contributed by atoms with E-state index >= 15 is 8.78 Å². The van der Waals surface area contributed by atoms with E-state index < -0.39 is 52.3 Å². The molecule has 1 saturated carbocycles. The molecule has 1 aromatic carbocycles. The van der Waals surface area contributed by atoms with Gasteiger partial charge in [0.15, 0.2) is 5.82 Å². The number of amides is 2. The van der Waals surface area contributed by atoms with E-state index in [0.717, 1.165) is 49.6 Å². The lowest BCUT2D eigenvalue weighted by Gasteiger charge is -2.50. The molecule has 4 fully saturated rings. The molecule has 0 spiro atoms. The molecule has 6 heterocycles. The molecule has 14 nitrogen and oxygen atoms in total. The molecule has 0 bridgehead atoms. The molecular weight excluding hydrogens is 826 g/mol. The van der Waals surface area contributed by atoms with Crippen LogP contribution in [0.25, 0.3) is 32.2 Å². The second-order valence-electron chi connectivity index (χ2n) is 18.9. The number of rotatable bonds is 10. The molecule has 3 atom stereocenters. The Bertz CT molecular complexity index is 2450. The van der Waals surface area contributed by atoms with Crippen LogP contribution in [-0.2, 0) is 14.2 Å². The molecule has 4 aliphatic rings.